The van der Waals surface area contributed by atoms with E-state index in [0.717, 1.165) is 18.0 Å². The molecule has 72 valence electrons. The number of aromatic nitrogens is 2. The van der Waals surface area contributed by atoms with Gasteiger partial charge in [0.25, 0.3) is 0 Å². The number of aryl methyl sites for hydroxylation is 1. The lowest BCUT2D eigenvalue weighted by molar-refractivity contribution is 0.823. The fourth-order valence-corrected chi connectivity index (χ4v) is 1.56. The number of thioether (sulfide) groups is 1. The molecule has 0 saturated heterocycles. The van der Waals surface area contributed by atoms with Crippen LogP contribution in [-0.4, -0.2) is 15.3 Å². The smallest absolute Gasteiger partial charge is 0.133 e. The molecule has 0 amide bonds. The quantitative estimate of drug-likeness (QED) is 0.737. The molecule has 0 aliphatic carbocycles. The lowest BCUT2D eigenvalue weighted by Crippen LogP contribution is -1.96. The Morgan fingerprint density at radius 2 is 2.31 bits per heavy atom. The minimum absolute atomic E-state index is 1.04. The molecule has 13 heavy (non-hydrogen) atoms. The van der Waals surface area contributed by atoms with Gasteiger partial charge in [-0.1, -0.05) is 13.8 Å². The van der Waals surface area contributed by atoms with Gasteiger partial charge in [-0.2, -0.15) is 0 Å². The summed E-state index contributed by atoms with van der Waals surface area (Å²) in [4.78, 5) is 4.32. The highest BCUT2D eigenvalue weighted by Crippen LogP contribution is 2.08. The molecule has 1 rings (SSSR count). The molecule has 0 aliphatic heterocycles. The van der Waals surface area contributed by atoms with Crippen molar-refractivity contribution in [2.75, 3.05) is 5.75 Å². The Morgan fingerprint density at radius 1 is 1.54 bits per heavy atom. The minimum atomic E-state index is 1.04. The molecule has 0 aliphatic rings. The summed E-state index contributed by atoms with van der Waals surface area (Å²) in [6, 6.07) is 0. The standard InChI is InChI=1S/C10H16N2S/c1-4-9-8-11-10(12(9)3)6-7-13-5-2/h6-8H,4-5H2,1-3H3. The molecule has 1 heterocycles. The van der Waals surface area contributed by atoms with Gasteiger partial charge in [-0.15, -0.1) is 11.8 Å². The van der Waals surface area contributed by atoms with Crippen molar-refractivity contribution in [3.05, 3.63) is 23.1 Å². The molecular formula is C10H16N2S. The zero-order valence-electron chi connectivity index (χ0n) is 8.45. The Hall–Kier alpha value is -0.700. The Balaban J connectivity index is 2.72. The summed E-state index contributed by atoms with van der Waals surface area (Å²) >= 11 is 1.79. The van der Waals surface area contributed by atoms with Crippen LogP contribution in [0.15, 0.2) is 11.6 Å². The van der Waals surface area contributed by atoms with Crippen molar-refractivity contribution in [1.29, 1.82) is 0 Å². The molecule has 2 nitrogen and oxygen atoms in total. The third kappa shape index (κ3) is 2.62. The van der Waals surface area contributed by atoms with Crippen molar-refractivity contribution in [2.45, 2.75) is 20.3 Å². The Morgan fingerprint density at radius 3 is 2.85 bits per heavy atom. The molecule has 0 fully saturated rings. The van der Waals surface area contributed by atoms with Gasteiger partial charge in [0.15, 0.2) is 0 Å². The van der Waals surface area contributed by atoms with Crippen LogP contribution in [0.1, 0.15) is 25.4 Å². The third-order valence-electron chi connectivity index (χ3n) is 1.96. The van der Waals surface area contributed by atoms with Crippen molar-refractivity contribution >= 4 is 17.8 Å². The average Bonchev–Trinajstić information content (AvgIpc) is 2.48. The molecule has 0 atom stereocenters. The summed E-state index contributed by atoms with van der Waals surface area (Å²) in [5.41, 5.74) is 1.28. The fraction of sp³-hybridized carbons (Fsp3) is 0.500. The van der Waals surface area contributed by atoms with Crippen LogP contribution in [0.5, 0.6) is 0 Å². The molecule has 3 heteroatoms. The summed E-state index contributed by atoms with van der Waals surface area (Å²) in [6.45, 7) is 4.29. The number of hydrogen-bond donors (Lipinski definition) is 0. The molecule has 0 bridgehead atoms. The minimum Gasteiger partial charge on any atom is -0.332 e. The predicted molar refractivity (Wildman–Crippen MR) is 59.8 cm³/mol. The first-order valence-electron chi connectivity index (χ1n) is 4.58. The zero-order chi connectivity index (χ0) is 9.68. The van der Waals surface area contributed by atoms with Crippen LogP contribution in [0.2, 0.25) is 0 Å². The predicted octanol–water partition coefficient (Wildman–Crippen LogP) is 2.71. The Bertz CT molecular complexity index is 289. The second kappa shape index (κ2) is 5.12. The van der Waals surface area contributed by atoms with Crippen molar-refractivity contribution in [1.82, 2.24) is 9.55 Å². The summed E-state index contributed by atoms with van der Waals surface area (Å²) in [5.74, 6) is 2.15. The monoisotopic (exact) mass is 196 g/mol. The van der Waals surface area contributed by atoms with E-state index in [1.165, 1.54) is 5.69 Å². The van der Waals surface area contributed by atoms with E-state index in [1.807, 2.05) is 6.20 Å². The molecular weight excluding hydrogens is 180 g/mol. The molecule has 0 radical (unpaired) electrons. The molecule has 0 N–H and O–H groups in total. The number of imidazole rings is 1. The average molecular weight is 196 g/mol. The van der Waals surface area contributed by atoms with Gasteiger partial charge in [-0.3, -0.25) is 0 Å². The van der Waals surface area contributed by atoms with Crippen molar-refractivity contribution in [2.24, 2.45) is 7.05 Å². The second-order valence-corrected chi connectivity index (χ2v) is 3.96. The SMILES string of the molecule is CCSC=Cc1ncc(CC)n1C. The second-order valence-electron chi connectivity index (χ2n) is 2.78. The molecule has 0 aromatic carbocycles. The van der Waals surface area contributed by atoms with Crippen LogP contribution >= 0.6 is 11.8 Å². The molecule has 0 unspecified atom stereocenters. The van der Waals surface area contributed by atoms with E-state index in [2.05, 4.69) is 41.9 Å². The van der Waals surface area contributed by atoms with Crippen molar-refractivity contribution in [3.8, 4) is 0 Å². The highest BCUT2D eigenvalue weighted by atomic mass is 32.2. The van der Waals surface area contributed by atoms with E-state index in [9.17, 15) is 0 Å². The first kappa shape index (κ1) is 10.4. The van der Waals surface area contributed by atoms with Gasteiger partial charge in [0.2, 0.25) is 0 Å². The molecule has 0 spiro atoms. The van der Waals surface area contributed by atoms with E-state index in [-0.39, 0.29) is 0 Å². The topological polar surface area (TPSA) is 17.8 Å². The van der Waals surface area contributed by atoms with Gasteiger partial charge < -0.3 is 4.57 Å². The lowest BCUT2D eigenvalue weighted by atomic mass is 10.4. The van der Waals surface area contributed by atoms with Gasteiger partial charge in [-0.25, -0.2) is 4.98 Å². The van der Waals surface area contributed by atoms with Gasteiger partial charge >= 0.3 is 0 Å². The first-order chi connectivity index (χ1) is 6.29. The molecule has 1 aromatic rings. The summed E-state index contributed by atoms with van der Waals surface area (Å²) in [6.07, 6.45) is 5.04. The Labute approximate surface area is 84.1 Å². The zero-order valence-corrected chi connectivity index (χ0v) is 9.27. The van der Waals surface area contributed by atoms with E-state index in [4.69, 9.17) is 0 Å². The normalized spacial score (nSPS) is 11.3. The van der Waals surface area contributed by atoms with Gasteiger partial charge in [0.05, 0.1) is 0 Å². The fourth-order valence-electron chi connectivity index (χ4n) is 1.15. The maximum Gasteiger partial charge on any atom is 0.133 e. The van der Waals surface area contributed by atoms with Crippen LogP contribution < -0.4 is 0 Å². The first-order valence-corrected chi connectivity index (χ1v) is 5.63. The van der Waals surface area contributed by atoms with E-state index in [1.54, 1.807) is 11.8 Å². The summed E-state index contributed by atoms with van der Waals surface area (Å²) < 4.78 is 2.13. The van der Waals surface area contributed by atoms with Crippen LogP contribution in [0.25, 0.3) is 6.08 Å². The maximum absolute atomic E-state index is 4.32. The highest BCUT2D eigenvalue weighted by Gasteiger charge is 1.99. The van der Waals surface area contributed by atoms with Gasteiger partial charge in [0.1, 0.15) is 5.82 Å². The van der Waals surface area contributed by atoms with Crippen LogP contribution in [0, 0.1) is 0 Å². The number of nitrogens with zero attached hydrogens (tertiary/aromatic N) is 2. The third-order valence-corrected chi connectivity index (χ3v) is 2.62. The van der Waals surface area contributed by atoms with Crippen LogP contribution in [-0.2, 0) is 13.5 Å². The molecule has 1 aromatic heterocycles. The Kier molecular flexibility index (Phi) is 4.09. The lowest BCUT2D eigenvalue weighted by Gasteiger charge is -1.99. The number of rotatable bonds is 4. The van der Waals surface area contributed by atoms with E-state index >= 15 is 0 Å². The van der Waals surface area contributed by atoms with Crippen molar-refractivity contribution in [3.63, 3.8) is 0 Å². The number of hydrogen-bond acceptors (Lipinski definition) is 2. The summed E-state index contributed by atoms with van der Waals surface area (Å²) in [5, 5.41) is 2.10. The van der Waals surface area contributed by atoms with Gasteiger partial charge in [0, 0.05) is 18.9 Å². The van der Waals surface area contributed by atoms with Crippen LogP contribution in [0.3, 0.4) is 0 Å². The largest absolute Gasteiger partial charge is 0.332 e. The van der Waals surface area contributed by atoms with E-state index in [0.29, 0.717) is 0 Å². The summed E-state index contributed by atoms with van der Waals surface area (Å²) in [7, 11) is 2.06. The van der Waals surface area contributed by atoms with E-state index < -0.39 is 0 Å². The maximum atomic E-state index is 4.32. The van der Waals surface area contributed by atoms with Crippen LogP contribution in [0.4, 0.5) is 0 Å². The molecule has 0 saturated carbocycles. The van der Waals surface area contributed by atoms with Gasteiger partial charge in [-0.05, 0) is 23.7 Å². The highest BCUT2D eigenvalue weighted by molar-refractivity contribution is 8.02. The van der Waals surface area contributed by atoms with Crippen molar-refractivity contribution < 1.29 is 0 Å².